The van der Waals surface area contributed by atoms with E-state index in [1.807, 2.05) is 62.4 Å². The maximum absolute atomic E-state index is 12.0. The van der Waals surface area contributed by atoms with Crippen LogP contribution in [0.15, 0.2) is 48.5 Å². The van der Waals surface area contributed by atoms with Gasteiger partial charge in [0.1, 0.15) is 12.4 Å². The van der Waals surface area contributed by atoms with Crippen molar-refractivity contribution in [3.63, 3.8) is 0 Å². The maximum atomic E-state index is 12.0. The van der Waals surface area contributed by atoms with Gasteiger partial charge in [0, 0.05) is 13.0 Å². The van der Waals surface area contributed by atoms with Gasteiger partial charge in [0.25, 0.3) is 0 Å². The molecule has 0 aliphatic heterocycles. The summed E-state index contributed by atoms with van der Waals surface area (Å²) in [7, 11) is 3.24. The van der Waals surface area contributed by atoms with Crippen LogP contribution in [0.25, 0.3) is 5.57 Å². The monoisotopic (exact) mass is 428 g/mol. The second-order valence-electron chi connectivity index (χ2n) is 6.81. The summed E-state index contributed by atoms with van der Waals surface area (Å²) in [5.74, 6) is 1.81. The molecular weight excluding hydrogens is 396 g/mol. The van der Waals surface area contributed by atoms with E-state index in [4.69, 9.17) is 23.7 Å². The molecule has 0 aliphatic rings. The normalized spacial score (nSPS) is 12.2. The van der Waals surface area contributed by atoms with Gasteiger partial charge >= 0.3 is 5.97 Å². The number of esters is 1. The van der Waals surface area contributed by atoms with Crippen LogP contribution in [-0.2, 0) is 20.7 Å². The van der Waals surface area contributed by atoms with Crippen LogP contribution in [0.1, 0.15) is 31.9 Å². The summed E-state index contributed by atoms with van der Waals surface area (Å²) < 4.78 is 27.1. The second kappa shape index (κ2) is 12.6. The highest BCUT2D eigenvalue weighted by Gasteiger charge is 2.20. The Labute approximate surface area is 184 Å². The van der Waals surface area contributed by atoms with Crippen LogP contribution in [0.4, 0.5) is 0 Å². The van der Waals surface area contributed by atoms with Gasteiger partial charge in [-0.1, -0.05) is 18.2 Å². The van der Waals surface area contributed by atoms with Crippen LogP contribution in [0.2, 0.25) is 0 Å². The number of hydrogen-bond acceptors (Lipinski definition) is 6. The first-order chi connectivity index (χ1) is 15.0. The lowest BCUT2D eigenvalue weighted by Gasteiger charge is -2.15. The fraction of sp³-hybridized carbons (Fsp3) is 0.400. The predicted molar refractivity (Wildman–Crippen MR) is 121 cm³/mol. The Bertz CT molecular complexity index is 857. The van der Waals surface area contributed by atoms with Crippen molar-refractivity contribution in [2.75, 3.05) is 34.0 Å². The van der Waals surface area contributed by atoms with Crippen molar-refractivity contribution in [1.82, 2.24) is 0 Å². The molecular formula is C25H32O6. The van der Waals surface area contributed by atoms with Gasteiger partial charge in [-0.05, 0) is 67.8 Å². The summed E-state index contributed by atoms with van der Waals surface area (Å²) in [5.41, 5.74) is 3.10. The molecule has 0 fully saturated rings. The van der Waals surface area contributed by atoms with Gasteiger partial charge in [0.2, 0.25) is 0 Å². The topological polar surface area (TPSA) is 63.2 Å². The molecule has 2 aromatic carbocycles. The zero-order valence-corrected chi connectivity index (χ0v) is 19.0. The molecule has 1 atom stereocenters. The third-order valence-electron chi connectivity index (χ3n) is 4.74. The molecule has 0 saturated heterocycles. The Morgan fingerprint density at radius 3 is 2.29 bits per heavy atom. The van der Waals surface area contributed by atoms with Crippen LogP contribution in [0.3, 0.4) is 0 Å². The van der Waals surface area contributed by atoms with Gasteiger partial charge in [-0.25, -0.2) is 4.79 Å². The quantitative estimate of drug-likeness (QED) is 0.457. The number of carbonyl (C=O) groups excluding carboxylic acids is 1. The van der Waals surface area contributed by atoms with E-state index in [9.17, 15) is 4.79 Å². The third kappa shape index (κ3) is 7.33. The van der Waals surface area contributed by atoms with Gasteiger partial charge in [-0.2, -0.15) is 0 Å². The second-order valence-corrected chi connectivity index (χ2v) is 6.81. The molecule has 0 bridgehead atoms. The van der Waals surface area contributed by atoms with Crippen LogP contribution in [-0.4, -0.2) is 46.1 Å². The van der Waals surface area contributed by atoms with Gasteiger partial charge < -0.3 is 23.7 Å². The highest BCUT2D eigenvalue weighted by atomic mass is 16.6. The molecule has 0 amide bonds. The van der Waals surface area contributed by atoms with Crippen molar-refractivity contribution in [2.45, 2.75) is 33.3 Å². The molecule has 6 nitrogen and oxygen atoms in total. The molecule has 6 heteroatoms. The number of carbonyl (C=O) groups is 1. The lowest BCUT2D eigenvalue weighted by molar-refractivity contribution is -0.156. The molecule has 0 spiro atoms. The third-order valence-corrected chi connectivity index (χ3v) is 4.74. The molecule has 0 heterocycles. The van der Waals surface area contributed by atoms with Gasteiger partial charge in [-0.15, -0.1) is 0 Å². The summed E-state index contributed by atoms with van der Waals surface area (Å²) in [4.78, 5) is 12.0. The molecule has 2 aromatic rings. The molecule has 168 valence electrons. The maximum Gasteiger partial charge on any atom is 0.335 e. The minimum atomic E-state index is -0.594. The highest BCUT2D eigenvalue weighted by Crippen LogP contribution is 2.30. The molecule has 31 heavy (non-hydrogen) atoms. The lowest BCUT2D eigenvalue weighted by Crippen LogP contribution is -2.28. The van der Waals surface area contributed by atoms with E-state index >= 15 is 0 Å². The van der Waals surface area contributed by atoms with Crippen molar-refractivity contribution in [2.24, 2.45) is 0 Å². The predicted octanol–water partition coefficient (Wildman–Crippen LogP) is 4.70. The van der Waals surface area contributed by atoms with E-state index in [1.54, 1.807) is 21.1 Å². The van der Waals surface area contributed by atoms with Gasteiger partial charge in [0.15, 0.2) is 17.6 Å². The minimum absolute atomic E-state index is 0.333. The smallest absolute Gasteiger partial charge is 0.335 e. The number of ether oxygens (including phenoxy) is 5. The Balaban J connectivity index is 1.95. The number of rotatable bonds is 12. The number of benzene rings is 2. The largest absolute Gasteiger partial charge is 0.493 e. The van der Waals surface area contributed by atoms with Crippen molar-refractivity contribution in [1.29, 1.82) is 0 Å². The van der Waals surface area contributed by atoms with E-state index in [-0.39, 0.29) is 5.97 Å². The Kier molecular flexibility index (Phi) is 9.91. The minimum Gasteiger partial charge on any atom is -0.493 e. The average molecular weight is 429 g/mol. The average Bonchev–Trinajstić information content (AvgIpc) is 2.79. The van der Waals surface area contributed by atoms with Crippen LogP contribution in [0.5, 0.6) is 17.2 Å². The van der Waals surface area contributed by atoms with Gasteiger partial charge in [-0.3, -0.25) is 0 Å². The first-order valence-corrected chi connectivity index (χ1v) is 10.4. The van der Waals surface area contributed by atoms with Crippen molar-refractivity contribution in [3.8, 4) is 17.2 Å². The summed E-state index contributed by atoms with van der Waals surface area (Å²) in [6, 6.07) is 13.5. The van der Waals surface area contributed by atoms with Crippen LogP contribution >= 0.6 is 0 Å². The van der Waals surface area contributed by atoms with Crippen LogP contribution in [0, 0.1) is 0 Å². The number of methoxy groups -OCH3 is 2. The van der Waals surface area contributed by atoms with Crippen molar-refractivity contribution in [3.05, 3.63) is 59.7 Å². The Morgan fingerprint density at radius 2 is 1.68 bits per heavy atom. The fourth-order valence-corrected chi connectivity index (χ4v) is 3.04. The highest BCUT2D eigenvalue weighted by molar-refractivity contribution is 5.75. The lowest BCUT2D eigenvalue weighted by atomic mass is 10.1. The molecule has 0 aromatic heterocycles. The van der Waals surface area contributed by atoms with E-state index < -0.39 is 6.10 Å². The van der Waals surface area contributed by atoms with E-state index in [0.29, 0.717) is 37.7 Å². The molecule has 0 unspecified atom stereocenters. The summed E-state index contributed by atoms with van der Waals surface area (Å²) in [6.07, 6.45) is 1.88. The SMILES string of the molecule is CCOC(=O)[C@H](Cc1ccc(OC/C=C(\C)c2ccc(OC)c(OC)c2)cc1)OCC. The van der Waals surface area contributed by atoms with E-state index in [0.717, 1.165) is 22.4 Å². The van der Waals surface area contributed by atoms with Gasteiger partial charge in [0.05, 0.1) is 20.8 Å². The van der Waals surface area contributed by atoms with E-state index in [2.05, 4.69) is 0 Å². The molecule has 2 rings (SSSR count). The Morgan fingerprint density at radius 1 is 0.968 bits per heavy atom. The summed E-state index contributed by atoms with van der Waals surface area (Å²) >= 11 is 0. The first kappa shape index (κ1) is 24.3. The van der Waals surface area contributed by atoms with Crippen molar-refractivity contribution >= 4 is 11.5 Å². The number of allylic oxidation sites excluding steroid dienone is 1. The first-order valence-electron chi connectivity index (χ1n) is 10.4. The molecule has 0 saturated carbocycles. The number of hydrogen-bond donors (Lipinski definition) is 0. The molecule has 0 N–H and O–H groups in total. The molecule has 0 radical (unpaired) electrons. The zero-order valence-electron chi connectivity index (χ0n) is 19.0. The molecule has 0 aliphatic carbocycles. The summed E-state index contributed by atoms with van der Waals surface area (Å²) in [6.45, 7) is 6.90. The fourth-order valence-electron chi connectivity index (χ4n) is 3.04. The summed E-state index contributed by atoms with van der Waals surface area (Å²) in [5, 5.41) is 0. The standard InChI is InChI=1S/C25H32O6/c1-6-29-24(25(26)30-7-2)16-19-8-11-21(12-9-19)31-15-14-18(3)20-10-13-22(27-4)23(17-20)28-5/h8-14,17,24H,6-7,15-16H2,1-5H3/b18-14+/t24-/m0/s1. The van der Waals surface area contributed by atoms with E-state index in [1.165, 1.54) is 0 Å². The van der Waals surface area contributed by atoms with Crippen molar-refractivity contribution < 1.29 is 28.5 Å². The zero-order chi connectivity index (χ0) is 22.6. The van der Waals surface area contributed by atoms with Crippen LogP contribution < -0.4 is 14.2 Å². The Hall–Kier alpha value is -2.99.